The van der Waals surface area contributed by atoms with Crippen molar-refractivity contribution in [1.29, 1.82) is 0 Å². The number of rotatable bonds is 4. The maximum Gasteiger partial charge on any atom is 0.257 e. The molecule has 0 rings (SSSR count). The first-order valence-corrected chi connectivity index (χ1v) is 3.30. The van der Waals surface area contributed by atoms with Crippen molar-refractivity contribution in [2.24, 2.45) is 0 Å². The molecule has 0 aliphatic carbocycles. The van der Waals surface area contributed by atoms with Gasteiger partial charge in [0.05, 0.1) is 6.26 Å². The molecule has 0 atom stereocenters. The van der Waals surface area contributed by atoms with Crippen molar-refractivity contribution in [3.05, 3.63) is 12.3 Å². The number of nitrogens with one attached hydrogen (secondary N) is 1. The van der Waals surface area contributed by atoms with Gasteiger partial charge in [-0.3, -0.25) is 4.79 Å². The summed E-state index contributed by atoms with van der Waals surface area (Å²) in [5, 5.41) is 2.61. The molecular weight excluding hydrogens is 130 g/mol. The van der Waals surface area contributed by atoms with Gasteiger partial charge < -0.3 is 10.1 Å². The van der Waals surface area contributed by atoms with Crippen LogP contribution < -0.4 is 5.32 Å². The molecule has 1 amide bonds. The molecular formula is C7H13NO2. The Hall–Kier alpha value is -0.990. The maximum atomic E-state index is 10.6. The lowest BCUT2D eigenvalue weighted by molar-refractivity contribution is -0.123. The molecule has 0 saturated heterocycles. The van der Waals surface area contributed by atoms with Crippen LogP contribution >= 0.6 is 0 Å². The minimum absolute atomic E-state index is 0.0828. The highest BCUT2D eigenvalue weighted by Crippen LogP contribution is 1.76. The second-order valence-corrected chi connectivity index (χ2v) is 1.73. The summed E-state index contributed by atoms with van der Waals surface area (Å²) in [7, 11) is 0. The van der Waals surface area contributed by atoms with E-state index in [-0.39, 0.29) is 12.5 Å². The minimum Gasteiger partial charge on any atom is -0.492 e. The van der Waals surface area contributed by atoms with Crippen LogP contribution in [0.15, 0.2) is 12.3 Å². The number of amides is 1. The molecule has 0 spiro atoms. The summed E-state index contributed by atoms with van der Waals surface area (Å²) in [6.45, 7) is 4.46. The van der Waals surface area contributed by atoms with E-state index in [0.717, 1.165) is 0 Å². The molecule has 1 N–H and O–H groups in total. The zero-order chi connectivity index (χ0) is 7.82. The van der Waals surface area contributed by atoms with Crippen molar-refractivity contribution < 1.29 is 9.53 Å². The van der Waals surface area contributed by atoms with Crippen molar-refractivity contribution in [2.75, 3.05) is 13.2 Å². The minimum atomic E-state index is -0.0828. The van der Waals surface area contributed by atoms with Crippen LogP contribution in [0.5, 0.6) is 0 Å². The van der Waals surface area contributed by atoms with Gasteiger partial charge in [0.25, 0.3) is 5.91 Å². The predicted octanol–water partition coefficient (Wildman–Crippen LogP) is 0.673. The Morgan fingerprint density at radius 3 is 2.90 bits per heavy atom. The first-order chi connectivity index (χ1) is 4.81. The Morgan fingerprint density at radius 1 is 1.70 bits per heavy atom. The summed E-state index contributed by atoms with van der Waals surface area (Å²) in [4.78, 5) is 10.6. The van der Waals surface area contributed by atoms with Crippen LogP contribution in [-0.2, 0) is 9.53 Å². The average Bonchev–Trinajstić information content (AvgIpc) is 1.89. The first-order valence-electron chi connectivity index (χ1n) is 3.30. The van der Waals surface area contributed by atoms with Gasteiger partial charge in [-0.05, 0) is 13.8 Å². The van der Waals surface area contributed by atoms with E-state index >= 15 is 0 Å². The monoisotopic (exact) mass is 143 g/mol. The van der Waals surface area contributed by atoms with Gasteiger partial charge in [0.15, 0.2) is 6.61 Å². The molecule has 0 aromatic carbocycles. The number of ether oxygens (including phenoxy) is 1. The quantitative estimate of drug-likeness (QED) is 0.587. The molecule has 58 valence electrons. The first kappa shape index (κ1) is 9.01. The predicted molar refractivity (Wildman–Crippen MR) is 39.4 cm³/mol. The molecule has 0 unspecified atom stereocenters. The third-order valence-electron chi connectivity index (χ3n) is 0.821. The van der Waals surface area contributed by atoms with E-state index in [4.69, 9.17) is 4.74 Å². The number of carbonyl (C=O) groups excluding carboxylic acids is 1. The normalized spacial score (nSPS) is 9.80. The second-order valence-electron chi connectivity index (χ2n) is 1.73. The molecule has 0 radical (unpaired) electrons. The van der Waals surface area contributed by atoms with Crippen molar-refractivity contribution in [3.8, 4) is 0 Å². The third kappa shape index (κ3) is 5.15. The van der Waals surface area contributed by atoms with Gasteiger partial charge in [0.2, 0.25) is 0 Å². The lowest BCUT2D eigenvalue weighted by Crippen LogP contribution is -2.26. The highest BCUT2D eigenvalue weighted by atomic mass is 16.5. The molecule has 0 bridgehead atoms. The van der Waals surface area contributed by atoms with Crippen LogP contribution in [0.25, 0.3) is 0 Å². The fourth-order valence-electron chi connectivity index (χ4n) is 0.468. The van der Waals surface area contributed by atoms with E-state index in [1.807, 2.05) is 13.8 Å². The Morgan fingerprint density at radius 2 is 2.40 bits per heavy atom. The van der Waals surface area contributed by atoms with Gasteiger partial charge in [-0.15, -0.1) is 0 Å². The second kappa shape index (κ2) is 6.13. The topological polar surface area (TPSA) is 38.3 Å². The summed E-state index contributed by atoms with van der Waals surface area (Å²) in [6.07, 6.45) is 3.23. The molecule has 0 aliphatic rings. The van der Waals surface area contributed by atoms with Crippen LogP contribution in [0.4, 0.5) is 0 Å². The van der Waals surface area contributed by atoms with Crippen molar-refractivity contribution in [3.63, 3.8) is 0 Å². The Kier molecular flexibility index (Phi) is 5.53. The molecule has 0 aromatic heterocycles. The van der Waals surface area contributed by atoms with Crippen LogP contribution in [0, 0.1) is 0 Å². The standard InChI is InChI=1S/C7H13NO2/c1-3-5-10-6-7(9)8-4-2/h3,5H,4,6H2,1-2H3,(H,8,9). The van der Waals surface area contributed by atoms with Gasteiger partial charge in [-0.25, -0.2) is 0 Å². The number of carbonyl (C=O) groups is 1. The molecule has 0 saturated carbocycles. The summed E-state index contributed by atoms with van der Waals surface area (Å²) >= 11 is 0. The zero-order valence-corrected chi connectivity index (χ0v) is 6.39. The van der Waals surface area contributed by atoms with Gasteiger partial charge in [0, 0.05) is 6.54 Å². The zero-order valence-electron chi connectivity index (χ0n) is 6.39. The van der Waals surface area contributed by atoms with E-state index in [9.17, 15) is 4.79 Å². The number of likely N-dealkylation sites (N-methyl/N-ethyl adjacent to an activating group) is 1. The molecule has 0 aromatic rings. The number of allylic oxidation sites excluding steroid dienone is 1. The third-order valence-corrected chi connectivity index (χ3v) is 0.821. The van der Waals surface area contributed by atoms with Crippen LogP contribution in [-0.4, -0.2) is 19.1 Å². The van der Waals surface area contributed by atoms with Gasteiger partial charge in [-0.2, -0.15) is 0 Å². The summed E-state index contributed by atoms with van der Waals surface area (Å²) in [6, 6.07) is 0. The highest BCUT2D eigenvalue weighted by molar-refractivity contribution is 5.77. The lowest BCUT2D eigenvalue weighted by atomic mass is 10.6. The van der Waals surface area contributed by atoms with Crippen LogP contribution in [0.2, 0.25) is 0 Å². The van der Waals surface area contributed by atoms with Crippen molar-refractivity contribution in [2.45, 2.75) is 13.8 Å². The molecule has 0 aliphatic heterocycles. The van der Waals surface area contributed by atoms with Crippen molar-refractivity contribution >= 4 is 5.91 Å². The summed E-state index contributed by atoms with van der Waals surface area (Å²) < 4.78 is 4.80. The lowest BCUT2D eigenvalue weighted by Gasteiger charge is -1.99. The average molecular weight is 143 g/mol. The van der Waals surface area contributed by atoms with Crippen LogP contribution in [0.3, 0.4) is 0 Å². The number of hydrogen-bond acceptors (Lipinski definition) is 2. The fourth-order valence-corrected chi connectivity index (χ4v) is 0.468. The van der Waals surface area contributed by atoms with Crippen LogP contribution in [0.1, 0.15) is 13.8 Å². The highest BCUT2D eigenvalue weighted by Gasteiger charge is 1.94. The van der Waals surface area contributed by atoms with E-state index in [0.29, 0.717) is 6.54 Å². The van der Waals surface area contributed by atoms with Gasteiger partial charge in [0.1, 0.15) is 0 Å². The molecule has 10 heavy (non-hydrogen) atoms. The fraction of sp³-hybridized carbons (Fsp3) is 0.571. The number of hydrogen-bond donors (Lipinski definition) is 1. The Labute approximate surface area is 61.1 Å². The van der Waals surface area contributed by atoms with E-state index in [2.05, 4.69) is 5.32 Å². The molecule has 0 heterocycles. The largest absolute Gasteiger partial charge is 0.492 e. The Bertz CT molecular complexity index is 121. The summed E-state index contributed by atoms with van der Waals surface area (Å²) in [5.41, 5.74) is 0. The van der Waals surface area contributed by atoms with E-state index in [1.54, 1.807) is 6.08 Å². The molecule has 3 nitrogen and oxygen atoms in total. The van der Waals surface area contributed by atoms with E-state index < -0.39 is 0 Å². The molecule has 3 heteroatoms. The van der Waals surface area contributed by atoms with Crippen molar-refractivity contribution in [1.82, 2.24) is 5.32 Å². The van der Waals surface area contributed by atoms with Gasteiger partial charge in [-0.1, -0.05) is 6.08 Å². The summed E-state index contributed by atoms with van der Waals surface area (Å²) in [5.74, 6) is -0.0828. The Balaban J connectivity index is 3.21. The smallest absolute Gasteiger partial charge is 0.257 e. The molecule has 0 fully saturated rings. The van der Waals surface area contributed by atoms with Gasteiger partial charge >= 0.3 is 0 Å². The maximum absolute atomic E-state index is 10.6. The SMILES string of the molecule is CC=COCC(=O)NCC. The van der Waals surface area contributed by atoms with E-state index in [1.165, 1.54) is 6.26 Å².